The number of alkyl halides is 2. The van der Waals surface area contributed by atoms with Crippen molar-refractivity contribution in [3.8, 4) is 39.1 Å². The molecular weight excluding hydrogens is 576 g/mol. The Labute approximate surface area is 241 Å². The normalized spacial score (nSPS) is 11.7. The molecule has 0 atom stereocenters. The average molecular weight is 597 g/mol. The van der Waals surface area contributed by atoms with Crippen LogP contribution in [0.25, 0.3) is 39.5 Å². The van der Waals surface area contributed by atoms with E-state index in [1.54, 1.807) is 12.1 Å². The summed E-state index contributed by atoms with van der Waals surface area (Å²) in [7, 11) is 0. The summed E-state index contributed by atoms with van der Waals surface area (Å²) in [6, 6.07) is 17.2. The van der Waals surface area contributed by atoms with Gasteiger partial charge in [0.15, 0.2) is 11.6 Å². The molecule has 43 heavy (non-hydrogen) atoms. The van der Waals surface area contributed by atoms with Crippen molar-refractivity contribution in [2.75, 3.05) is 0 Å². The molecule has 0 bridgehead atoms. The molecule has 5 aromatic rings. The Balaban J connectivity index is 1.40. The molecule has 218 valence electrons. The van der Waals surface area contributed by atoms with E-state index in [9.17, 15) is 30.7 Å². The first-order valence-electron chi connectivity index (χ1n) is 12.8. The van der Waals surface area contributed by atoms with Gasteiger partial charge in [0.2, 0.25) is 0 Å². The van der Waals surface area contributed by atoms with Gasteiger partial charge >= 0.3 is 6.11 Å². The molecule has 0 radical (unpaired) electrons. The molecule has 5 rings (SSSR count). The smallest absolute Gasteiger partial charge is 0.429 e. The third kappa shape index (κ3) is 6.16. The first kappa shape index (κ1) is 29.6. The fourth-order valence-corrected chi connectivity index (χ4v) is 4.57. The molecule has 0 aromatic heterocycles. The van der Waals surface area contributed by atoms with Crippen LogP contribution in [-0.4, -0.2) is 0 Å². The molecule has 0 saturated carbocycles. The van der Waals surface area contributed by atoms with Crippen LogP contribution in [0, 0.1) is 34.9 Å². The van der Waals surface area contributed by atoms with Crippen LogP contribution in [0.4, 0.5) is 35.1 Å². The van der Waals surface area contributed by atoms with Crippen molar-refractivity contribution in [1.29, 1.82) is 0 Å². The Hall–Kier alpha value is -4.92. The molecular formula is C34H20F8O. The van der Waals surface area contributed by atoms with Gasteiger partial charge in [-0.25, -0.2) is 26.3 Å². The Morgan fingerprint density at radius 2 is 1.05 bits per heavy atom. The van der Waals surface area contributed by atoms with Gasteiger partial charge in [-0.2, -0.15) is 8.78 Å². The largest absolute Gasteiger partial charge is 0.432 e. The van der Waals surface area contributed by atoms with E-state index in [2.05, 4.69) is 4.74 Å². The van der Waals surface area contributed by atoms with Gasteiger partial charge in [-0.15, -0.1) is 0 Å². The van der Waals surface area contributed by atoms with E-state index < -0.39 is 52.3 Å². The molecule has 1 nitrogen and oxygen atoms in total. The zero-order valence-electron chi connectivity index (χ0n) is 22.2. The second-order valence-electron chi connectivity index (χ2n) is 9.52. The minimum Gasteiger partial charge on any atom is -0.429 e. The first-order valence-corrected chi connectivity index (χ1v) is 12.8. The highest BCUT2D eigenvalue weighted by atomic mass is 19.3. The predicted octanol–water partition coefficient (Wildman–Crippen LogP) is 10.7. The molecule has 0 N–H and O–H groups in total. The molecule has 0 aliphatic rings. The number of allylic oxidation sites excluding steroid dienone is 1. The summed E-state index contributed by atoms with van der Waals surface area (Å²) in [5.41, 5.74) is -0.522. The molecule has 0 saturated heterocycles. The summed E-state index contributed by atoms with van der Waals surface area (Å²) in [4.78, 5) is 0. The van der Waals surface area contributed by atoms with Crippen LogP contribution < -0.4 is 4.74 Å². The summed E-state index contributed by atoms with van der Waals surface area (Å²) < 4.78 is 121. The summed E-state index contributed by atoms with van der Waals surface area (Å²) in [6.07, 6.45) is -0.848. The predicted molar refractivity (Wildman–Crippen MR) is 148 cm³/mol. The quantitative estimate of drug-likeness (QED) is 0.170. The van der Waals surface area contributed by atoms with Crippen molar-refractivity contribution in [3.63, 3.8) is 0 Å². The van der Waals surface area contributed by atoms with E-state index in [1.165, 1.54) is 18.2 Å². The van der Waals surface area contributed by atoms with E-state index in [-0.39, 0.29) is 22.3 Å². The average Bonchev–Trinajstić information content (AvgIpc) is 2.94. The maximum absolute atomic E-state index is 15.0. The van der Waals surface area contributed by atoms with Gasteiger partial charge in [0.1, 0.15) is 34.6 Å². The Morgan fingerprint density at radius 1 is 0.512 bits per heavy atom. The van der Waals surface area contributed by atoms with E-state index >= 15 is 4.39 Å². The number of ether oxygens (including phenoxy) is 1. The minimum absolute atomic E-state index is 0.0787. The molecule has 9 heteroatoms. The number of hydrogen-bond donors (Lipinski definition) is 0. The monoisotopic (exact) mass is 596 g/mol. The van der Waals surface area contributed by atoms with Gasteiger partial charge in [0.25, 0.3) is 0 Å². The lowest BCUT2D eigenvalue weighted by Crippen LogP contribution is -2.25. The second-order valence-corrected chi connectivity index (χ2v) is 9.52. The lowest BCUT2D eigenvalue weighted by molar-refractivity contribution is -0.189. The summed E-state index contributed by atoms with van der Waals surface area (Å²) in [5.74, 6) is -8.61. The topological polar surface area (TPSA) is 9.23 Å². The van der Waals surface area contributed by atoms with E-state index in [0.717, 1.165) is 29.8 Å². The SMILES string of the molecule is C/C=C/c1ccc(-c2ccc(-c3cc(F)c(C(F)(F)Oc4ccc(-c5ccc(F)c(F)c5)c(F)c4)c(F)c3)c(F)c2)cc1. The number of rotatable bonds is 7. The van der Waals surface area contributed by atoms with E-state index in [1.807, 2.05) is 31.2 Å². The highest BCUT2D eigenvalue weighted by Crippen LogP contribution is 2.39. The lowest BCUT2D eigenvalue weighted by atomic mass is 9.97. The molecule has 0 spiro atoms. The van der Waals surface area contributed by atoms with Gasteiger partial charge in [-0.3, -0.25) is 0 Å². The molecule has 0 heterocycles. The van der Waals surface area contributed by atoms with Crippen LogP contribution in [0.2, 0.25) is 0 Å². The molecule has 0 amide bonds. The van der Waals surface area contributed by atoms with Crippen molar-refractivity contribution in [2.45, 2.75) is 13.0 Å². The third-order valence-corrected chi connectivity index (χ3v) is 6.63. The third-order valence-electron chi connectivity index (χ3n) is 6.63. The summed E-state index contributed by atoms with van der Waals surface area (Å²) in [5, 5.41) is 0. The highest BCUT2D eigenvalue weighted by Gasteiger charge is 2.41. The number of benzene rings is 5. The van der Waals surface area contributed by atoms with Crippen molar-refractivity contribution in [1.82, 2.24) is 0 Å². The zero-order valence-corrected chi connectivity index (χ0v) is 22.2. The summed E-state index contributed by atoms with van der Waals surface area (Å²) in [6.45, 7) is 1.87. The lowest BCUT2D eigenvalue weighted by Gasteiger charge is -2.20. The maximum atomic E-state index is 15.0. The van der Waals surface area contributed by atoms with Gasteiger partial charge in [-0.05, 0) is 77.2 Å². The standard InChI is InChI=1S/C34H20F8O/c1-2-3-19-4-6-20(7-5-19)21-8-11-26(28(36)14-21)23-16-31(39)33(32(40)17-23)34(41,42)43-24-10-12-25(29(37)18-24)22-9-13-27(35)30(38)15-22/h2-18H,1H3/b3-2+. The Kier molecular flexibility index (Phi) is 8.08. The molecule has 5 aromatic carbocycles. The molecule has 0 aliphatic carbocycles. The van der Waals surface area contributed by atoms with Gasteiger partial charge in [0, 0.05) is 17.2 Å². The maximum Gasteiger partial charge on any atom is 0.432 e. The van der Waals surface area contributed by atoms with Crippen LogP contribution in [0.15, 0.2) is 97.1 Å². The van der Waals surface area contributed by atoms with Crippen LogP contribution in [0.5, 0.6) is 5.75 Å². The van der Waals surface area contributed by atoms with Gasteiger partial charge < -0.3 is 4.74 Å². The fraction of sp³-hybridized carbons (Fsp3) is 0.0588. The van der Waals surface area contributed by atoms with Crippen LogP contribution in [-0.2, 0) is 6.11 Å². The van der Waals surface area contributed by atoms with Crippen LogP contribution in [0.3, 0.4) is 0 Å². The fourth-order valence-electron chi connectivity index (χ4n) is 4.57. The minimum atomic E-state index is -4.61. The Morgan fingerprint density at radius 3 is 1.65 bits per heavy atom. The first-order chi connectivity index (χ1) is 20.5. The van der Waals surface area contributed by atoms with E-state index in [4.69, 9.17) is 0 Å². The molecule has 0 unspecified atom stereocenters. The summed E-state index contributed by atoms with van der Waals surface area (Å²) >= 11 is 0. The van der Waals surface area contributed by atoms with Crippen LogP contribution in [0.1, 0.15) is 18.1 Å². The van der Waals surface area contributed by atoms with Crippen molar-refractivity contribution >= 4 is 6.08 Å². The van der Waals surface area contributed by atoms with Crippen molar-refractivity contribution in [2.24, 2.45) is 0 Å². The second kappa shape index (κ2) is 11.8. The van der Waals surface area contributed by atoms with Crippen molar-refractivity contribution < 1.29 is 39.9 Å². The zero-order chi connectivity index (χ0) is 30.9. The number of halogens is 8. The van der Waals surface area contributed by atoms with E-state index in [0.29, 0.717) is 35.4 Å². The van der Waals surface area contributed by atoms with Crippen LogP contribution >= 0.6 is 0 Å². The Bertz CT molecular complexity index is 1820. The highest BCUT2D eigenvalue weighted by molar-refractivity contribution is 5.72. The van der Waals surface area contributed by atoms with Gasteiger partial charge in [0.05, 0.1) is 0 Å². The number of hydrogen-bond acceptors (Lipinski definition) is 1. The van der Waals surface area contributed by atoms with Crippen molar-refractivity contribution in [3.05, 3.63) is 143 Å². The van der Waals surface area contributed by atoms with Gasteiger partial charge in [-0.1, -0.05) is 54.6 Å². The molecule has 0 aliphatic heterocycles. The molecule has 0 fully saturated rings.